The van der Waals surface area contributed by atoms with Crippen LogP contribution in [0.2, 0.25) is 0 Å². The van der Waals surface area contributed by atoms with Gasteiger partial charge in [0.25, 0.3) is 0 Å². The molecule has 1 rings (SSSR count). The average Bonchev–Trinajstić information content (AvgIpc) is 2.44. The van der Waals surface area contributed by atoms with Gasteiger partial charge in [0.05, 0.1) is 6.04 Å². The SMILES string of the molecule is CCC(=O)Nc1ccc(C(=O)C(N)CCC(=O)O)cc1. The number of carboxylic acids is 1. The van der Waals surface area contributed by atoms with Crippen molar-refractivity contribution in [2.75, 3.05) is 5.32 Å². The standard InChI is InChI=1S/C14H18N2O4/c1-2-12(17)16-10-5-3-9(4-6-10)14(20)11(15)7-8-13(18)19/h3-6,11H,2,7-8,15H2,1H3,(H,16,17)(H,18,19). The van der Waals surface area contributed by atoms with E-state index in [9.17, 15) is 14.4 Å². The molecule has 6 nitrogen and oxygen atoms in total. The first-order valence-corrected chi connectivity index (χ1v) is 6.35. The summed E-state index contributed by atoms with van der Waals surface area (Å²) < 4.78 is 0. The molecule has 0 heterocycles. The molecule has 1 unspecified atom stereocenters. The van der Waals surface area contributed by atoms with Crippen molar-refractivity contribution in [3.63, 3.8) is 0 Å². The van der Waals surface area contributed by atoms with E-state index in [1.165, 1.54) is 0 Å². The van der Waals surface area contributed by atoms with Crippen molar-refractivity contribution in [2.45, 2.75) is 32.2 Å². The lowest BCUT2D eigenvalue weighted by atomic mass is 10.0. The zero-order valence-electron chi connectivity index (χ0n) is 11.3. The topological polar surface area (TPSA) is 109 Å². The van der Waals surface area contributed by atoms with Crippen molar-refractivity contribution < 1.29 is 19.5 Å². The lowest BCUT2D eigenvalue weighted by molar-refractivity contribution is -0.137. The molecule has 108 valence electrons. The molecule has 0 spiro atoms. The van der Waals surface area contributed by atoms with Crippen LogP contribution in [0.3, 0.4) is 0 Å². The molecule has 0 radical (unpaired) electrons. The van der Waals surface area contributed by atoms with Crippen molar-refractivity contribution in [2.24, 2.45) is 5.73 Å². The van der Waals surface area contributed by atoms with Gasteiger partial charge in [0.1, 0.15) is 0 Å². The monoisotopic (exact) mass is 278 g/mol. The second kappa shape index (κ2) is 7.40. The second-order valence-electron chi connectivity index (χ2n) is 4.38. The van der Waals surface area contributed by atoms with Crippen LogP contribution in [0.4, 0.5) is 5.69 Å². The van der Waals surface area contributed by atoms with E-state index in [2.05, 4.69) is 5.32 Å². The van der Waals surface area contributed by atoms with Crippen molar-refractivity contribution >= 4 is 23.3 Å². The number of Topliss-reactive ketones (excluding diaryl/α,β-unsaturated/α-hetero) is 1. The Morgan fingerprint density at radius 2 is 1.85 bits per heavy atom. The van der Waals surface area contributed by atoms with Gasteiger partial charge >= 0.3 is 5.97 Å². The minimum atomic E-state index is -0.981. The summed E-state index contributed by atoms with van der Waals surface area (Å²) in [6, 6.07) is 5.53. The van der Waals surface area contributed by atoms with Crippen LogP contribution in [-0.2, 0) is 9.59 Å². The highest BCUT2D eigenvalue weighted by Crippen LogP contribution is 2.12. The van der Waals surface area contributed by atoms with Gasteiger partial charge in [-0.15, -0.1) is 0 Å². The molecule has 0 bridgehead atoms. The fourth-order valence-electron chi connectivity index (χ4n) is 1.59. The molecular weight excluding hydrogens is 260 g/mol. The predicted octanol–water partition coefficient (Wildman–Crippen LogP) is 1.41. The summed E-state index contributed by atoms with van der Waals surface area (Å²) in [7, 11) is 0. The molecule has 1 aromatic carbocycles. The van der Waals surface area contributed by atoms with E-state index in [-0.39, 0.29) is 24.5 Å². The van der Waals surface area contributed by atoms with Crippen LogP contribution in [0.1, 0.15) is 36.5 Å². The molecule has 1 aromatic rings. The van der Waals surface area contributed by atoms with Gasteiger partial charge in [-0.3, -0.25) is 14.4 Å². The molecular formula is C14H18N2O4. The van der Waals surface area contributed by atoms with E-state index in [4.69, 9.17) is 10.8 Å². The van der Waals surface area contributed by atoms with E-state index in [1.807, 2.05) is 0 Å². The van der Waals surface area contributed by atoms with Crippen LogP contribution in [0.25, 0.3) is 0 Å². The molecule has 0 aliphatic carbocycles. The van der Waals surface area contributed by atoms with Crippen LogP contribution in [-0.4, -0.2) is 28.8 Å². The molecule has 4 N–H and O–H groups in total. The number of nitrogens with two attached hydrogens (primary N) is 1. The number of nitrogens with one attached hydrogen (secondary N) is 1. The Kier molecular flexibility index (Phi) is 5.86. The molecule has 0 saturated heterocycles. The molecule has 0 aliphatic heterocycles. The van der Waals surface area contributed by atoms with E-state index < -0.39 is 12.0 Å². The molecule has 0 aromatic heterocycles. The van der Waals surface area contributed by atoms with Crippen molar-refractivity contribution in [1.82, 2.24) is 0 Å². The molecule has 0 fully saturated rings. The van der Waals surface area contributed by atoms with Gasteiger partial charge < -0.3 is 16.2 Å². The summed E-state index contributed by atoms with van der Waals surface area (Å²) in [5.41, 5.74) is 6.66. The quantitative estimate of drug-likeness (QED) is 0.653. The minimum Gasteiger partial charge on any atom is -0.481 e. The van der Waals surface area contributed by atoms with Crippen molar-refractivity contribution in [3.8, 4) is 0 Å². The van der Waals surface area contributed by atoms with E-state index in [0.29, 0.717) is 17.7 Å². The van der Waals surface area contributed by atoms with Gasteiger partial charge in [-0.1, -0.05) is 6.92 Å². The van der Waals surface area contributed by atoms with Crippen LogP contribution >= 0.6 is 0 Å². The van der Waals surface area contributed by atoms with E-state index in [1.54, 1.807) is 31.2 Å². The Labute approximate surface area is 117 Å². The van der Waals surface area contributed by atoms with Gasteiger partial charge in [-0.2, -0.15) is 0 Å². The number of carbonyl (C=O) groups is 3. The Morgan fingerprint density at radius 3 is 2.35 bits per heavy atom. The third-order valence-corrected chi connectivity index (χ3v) is 2.78. The summed E-state index contributed by atoms with van der Waals surface area (Å²) >= 11 is 0. The largest absolute Gasteiger partial charge is 0.481 e. The Balaban J connectivity index is 2.65. The van der Waals surface area contributed by atoms with Gasteiger partial charge in [0.2, 0.25) is 5.91 Å². The lowest BCUT2D eigenvalue weighted by Crippen LogP contribution is -2.31. The molecule has 1 atom stereocenters. The normalized spacial score (nSPS) is 11.7. The Bertz CT molecular complexity index is 496. The first-order chi connectivity index (χ1) is 9.43. The van der Waals surface area contributed by atoms with E-state index >= 15 is 0 Å². The third-order valence-electron chi connectivity index (χ3n) is 2.78. The first-order valence-electron chi connectivity index (χ1n) is 6.35. The van der Waals surface area contributed by atoms with Gasteiger partial charge in [-0.25, -0.2) is 0 Å². The fourth-order valence-corrected chi connectivity index (χ4v) is 1.59. The number of hydrogen-bond donors (Lipinski definition) is 3. The maximum atomic E-state index is 11.9. The highest BCUT2D eigenvalue weighted by Gasteiger charge is 2.16. The lowest BCUT2D eigenvalue weighted by Gasteiger charge is -2.10. The van der Waals surface area contributed by atoms with E-state index in [0.717, 1.165) is 0 Å². The summed E-state index contributed by atoms with van der Waals surface area (Å²) in [4.78, 5) is 33.6. The Morgan fingerprint density at radius 1 is 1.25 bits per heavy atom. The number of hydrogen-bond acceptors (Lipinski definition) is 4. The fraction of sp³-hybridized carbons (Fsp3) is 0.357. The van der Waals surface area contributed by atoms with Crippen LogP contribution < -0.4 is 11.1 Å². The highest BCUT2D eigenvalue weighted by atomic mass is 16.4. The number of amides is 1. The maximum Gasteiger partial charge on any atom is 0.303 e. The van der Waals surface area contributed by atoms with Crippen LogP contribution in [0, 0.1) is 0 Å². The van der Waals surface area contributed by atoms with Crippen molar-refractivity contribution in [1.29, 1.82) is 0 Å². The first kappa shape index (κ1) is 15.8. The molecule has 0 saturated carbocycles. The summed E-state index contributed by atoms with van der Waals surface area (Å²) in [5.74, 6) is -1.40. The summed E-state index contributed by atoms with van der Waals surface area (Å²) in [6.45, 7) is 1.74. The third kappa shape index (κ3) is 4.81. The molecule has 0 aliphatic rings. The number of benzene rings is 1. The van der Waals surface area contributed by atoms with Gasteiger partial charge in [0.15, 0.2) is 5.78 Å². The second-order valence-corrected chi connectivity index (χ2v) is 4.38. The zero-order chi connectivity index (χ0) is 15.1. The number of carbonyl (C=O) groups excluding carboxylic acids is 2. The number of ketones is 1. The minimum absolute atomic E-state index is 0.0997. The maximum absolute atomic E-state index is 11.9. The highest BCUT2D eigenvalue weighted by molar-refractivity contribution is 6.00. The molecule has 1 amide bonds. The zero-order valence-corrected chi connectivity index (χ0v) is 11.3. The van der Waals surface area contributed by atoms with Crippen LogP contribution in [0.5, 0.6) is 0 Å². The average molecular weight is 278 g/mol. The number of anilines is 1. The van der Waals surface area contributed by atoms with Crippen molar-refractivity contribution in [3.05, 3.63) is 29.8 Å². The summed E-state index contributed by atoms with van der Waals surface area (Å²) in [5, 5.41) is 11.2. The predicted molar refractivity (Wildman–Crippen MR) is 74.5 cm³/mol. The molecule has 6 heteroatoms. The van der Waals surface area contributed by atoms with Gasteiger partial charge in [-0.05, 0) is 30.7 Å². The Hall–Kier alpha value is -2.21. The number of carboxylic acid groups (broad SMARTS) is 1. The van der Waals surface area contributed by atoms with Crippen LogP contribution in [0.15, 0.2) is 24.3 Å². The molecule has 20 heavy (non-hydrogen) atoms. The van der Waals surface area contributed by atoms with Gasteiger partial charge in [0, 0.05) is 24.1 Å². The number of aliphatic carboxylic acids is 1. The smallest absolute Gasteiger partial charge is 0.303 e. The summed E-state index contributed by atoms with van der Waals surface area (Å²) in [6.07, 6.45) is 0.334. The number of rotatable bonds is 7.